The van der Waals surface area contributed by atoms with Crippen LogP contribution < -0.4 is 4.74 Å². The van der Waals surface area contributed by atoms with E-state index < -0.39 is 12.5 Å². The SMILES string of the molecule is FCCOc1cc(Br)ccc1F. The van der Waals surface area contributed by atoms with Crippen molar-refractivity contribution in [3.63, 3.8) is 0 Å². The fourth-order valence-corrected chi connectivity index (χ4v) is 1.08. The van der Waals surface area contributed by atoms with Crippen molar-refractivity contribution in [3.05, 3.63) is 28.5 Å². The summed E-state index contributed by atoms with van der Waals surface area (Å²) in [5, 5.41) is 0. The van der Waals surface area contributed by atoms with E-state index in [9.17, 15) is 8.78 Å². The Morgan fingerprint density at radius 2 is 2.17 bits per heavy atom. The molecule has 0 spiro atoms. The van der Waals surface area contributed by atoms with Gasteiger partial charge in [0.15, 0.2) is 11.6 Å². The number of hydrogen-bond donors (Lipinski definition) is 0. The van der Waals surface area contributed by atoms with E-state index in [1.807, 2.05) is 0 Å². The van der Waals surface area contributed by atoms with Crippen molar-refractivity contribution in [2.45, 2.75) is 0 Å². The predicted octanol–water partition coefficient (Wildman–Crippen LogP) is 2.94. The van der Waals surface area contributed by atoms with Crippen LogP contribution in [-0.2, 0) is 0 Å². The van der Waals surface area contributed by atoms with Gasteiger partial charge in [0, 0.05) is 4.47 Å². The highest BCUT2D eigenvalue weighted by molar-refractivity contribution is 9.10. The zero-order chi connectivity index (χ0) is 8.97. The number of hydrogen-bond acceptors (Lipinski definition) is 1. The number of ether oxygens (including phenoxy) is 1. The predicted molar refractivity (Wildman–Crippen MR) is 45.6 cm³/mol. The molecule has 0 aromatic heterocycles. The molecule has 0 N–H and O–H groups in total. The van der Waals surface area contributed by atoms with Gasteiger partial charge < -0.3 is 4.74 Å². The molecule has 0 bridgehead atoms. The largest absolute Gasteiger partial charge is 0.488 e. The fraction of sp³-hybridized carbons (Fsp3) is 0.250. The first-order valence-electron chi connectivity index (χ1n) is 3.38. The van der Waals surface area contributed by atoms with E-state index in [4.69, 9.17) is 4.74 Å². The minimum Gasteiger partial charge on any atom is -0.488 e. The van der Waals surface area contributed by atoms with Gasteiger partial charge in [0.2, 0.25) is 0 Å². The first-order chi connectivity index (χ1) is 5.74. The van der Waals surface area contributed by atoms with Crippen molar-refractivity contribution in [1.29, 1.82) is 0 Å². The molecule has 0 aliphatic heterocycles. The molecule has 66 valence electrons. The molecule has 0 atom stereocenters. The monoisotopic (exact) mass is 236 g/mol. The van der Waals surface area contributed by atoms with Gasteiger partial charge in [0.1, 0.15) is 13.3 Å². The summed E-state index contributed by atoms with van der Waals surface area (Å²) in [5.74, 6) is -0.409. The first-order valence-corrected chi connectivity index (χ1v) is 4.17. The molecule has 1 aromatic carbocycles. The Bertz CT molecular complexity index is 265. The molecule has 12 heavy (non-hydrogen) atoms. The van der Waals surface area contributed by atoms with E-state index in [2.05, 4.69) is 15.9 Å². The van der Waals surface area contributed by atoms with E-state index in [0.717, 1.165) is 0 Å². The van der Waals surface area contributed by atoms with Gasteiger partial charge in [-0.15, -0.1) is 0 Å². The summed E-state index contributed by atoms with van der Waals surface area (Å²) < 4.78 is 30.0. The second-order valence-corrected chi connectivity index (χ2v) is 3.03. The third-order valence-corrected chi connectivity index (χ3v) is 1.72. The van der Waals surface area contributed by atoms with Gasteiger partial charge in [-0.1, -0.05) is 15.9 Å². The lowest BCUT2D eigenvalue weighted by atomic mass is 10.3. The van der Waals surface area contributed by atoms with Crippen LogP contribution in [0.4, 0.5) is 8.78 Å². The van der Waals surface area contributed by atoms with Crippen molar-refractivity contribution >= 4 is 15.9 Å². The lowest BCUT2D eigenvalue weighted by Gasteiger charge is -2.04. The van der Waals surface area contributed by atoms with Gasteiger partial charge in [0.25, 0.3) is 0 Å². The van der Waals surface area contributed by atoms with Gasteiger partial charge in [0.05, 0.1) is 0 Å². The lowest BCUT2D eigenvalue weighted by Crippen LogP contribution is -2.00. The number of alkyl halides is 1. The summed E-state index contributed by atoms with van der Waals surface area (Å²) in [4.78, 5) is 0. The first kappa shape index (κ1) is 9.45. The molecule has 0 fully saturated rings. The molecule has 0 aliphatic rings. The average Bonchev–Trinajstić information content (AvgIpc) is 2.07. The zero-order valence-corrected chi connectivity index (χ0v) is 7.77. The third-order valence-electron chi connectivity index (χ3n) is 1.23. The maximum Gasteiger partial charge on any atom is 0.165 e. The van der Waals surface area contributed by atoms with Crippen molar-refractivity contribution in [1.82, 2.24) is 0 Å². The van der Waals surface area contributed by atoms with Crippen LogP contribution in [0, 0.1) is 5.82 Å². The summed E-state index contributed by atoms with van der Waals surface area (Å²) in [5.41, 5.74) is 0. The van der Waals surface area contributed by atoms with Gasteiger partial charge in [-0.2, -0.15) is 0 Å². The molecule has 0 radical (unpaired) electrons. The van der Waals surface area contributed by atoms with Gasteiger partial charge in [-0.25, -0.2) is 8.78 Å². The van der Waals surface area contributed by atoms with Crippen molar-refractivity contribution in [2.24, 2.45) is 0 Å². The van der Waals surface area contributed by atoms with Crippen LogP contribution in [-0.4, -0.2) is 13.3 Å². The fourth-order valence-electron chi connectivity index (χ4n) is 0.736. The second-order valence-electron chi connectivity index (χ2n) is 2.11. The van der Waals surface area contributed by atoms with Crippen molar-refractivity contribution in [3.8, 4) is 5.75 Å². The molecule has 0 saturated heterocycles. The number of benzene rings is 1. The van der Waals surface area contributed by atoms with E-state index in [1.165, 1.54) is 12.1 Å². The van der Waals surface area contributed by atoms with E-state index >= 15 is 0 Å². The highest BCUT2D eigenvalue weighted by Gasteiger charge is 2.02. The van der Waals surface area contributed by atoms with Crippen LogP contribution >= 0.6 is 15.9 Å². The molecule has 1 aromatic rings. The highest BCUT2D eigenvalue weighted by Crippen LogP contribution is 2.21. The van der Waals surface area contributed by atoms with E-state index in [-0.39, 0.29) is 12.4 Å². The van der Waals surface area contributed by atoms with Crippen LogP contribution in [0.3, 0.4) is 0 Å². The molecule has 0 unspecified atom stereocenters. The third kappa shape index (κ3) is 2.44. The van der Waals surface area contributed by atoms with Crippen molar-refractivity contribution < 1.29 is 13.5 Å². The minimum atomic E-state index is -0.619. The molecule has 0 amide bonds. The Kier molecular flexibility index (Phi) is 3.47. The summed E-state index contributed by atoms with van der Waals surface area (Å²) >= 11 is 3.15. The summed E-state index contributed by atoms with van der Waals surface area (Å²) in [6, 6.07) is 4.28. The van der Waals surface area contributed by atoms with Crippen LogP contribution in [0.25, 0.3) is 0 Å². The topological polar surface area (TPSA) is 9.23 Å². The minimum absolute atomic E-state index is 0.0713. The zero-order valence-electron chi connectivity index (χ0n) is 6.19. The lowest BCUT2D eigenvalue weighted by molar-refractivity contribution is 0.262. The Morgan fingerprint density at radius 3 is 2.83 bits per heavy atom. The summed E-state index contributed by atoms with van der Waals surface area (Å²) in [6.07, 6.45) is 0. The van der Waals surface area contributed by atoms with Crippen molar-refractivity contribution in [2.75, 3.05) is 13.3 Å². The van der Waals surface area contributed by atoms with Gasteiger partial charge >= 0.3 is 0 Å². The Balaban J connectivity index is 2.75. The number of rotatable bonds is 3. The molecule has 0 heterocycles. The van der Waals surface area contributed by atoms with Crippen LogP contribution in [0.5, 0.6) is 5.75 Å². The molecule has 1 rings (SSSR count). The molecule has 0 aliphatic carbocycles. The van der Waals surface area contributed by atoms with E-state index in [1.54, 1.807) is 6.07 Å². The van der Waals surface area contributed by atoms with Gasteiger partial charge in [-0.3, -0.25) is 0 Å². The second kappa shape index (κ2) is 4.40. The summed E-state index contributed by atoms with van der Waals surface area (Å²) in [6.45, 7) is -0.737. The Morgan fingerprint density at radius 1 is 1.42 bits per heavy atom. The quantitative estimate of drug-likeness (QED) is 0.785. The molecule has 1 nitrogen and oxygen atoms in total. The number of halogens is 3. The normalized spacial score (nSPS) is 9.92. The maximum absolute atomic E-state index is 12.8. The molecule has 4 heteroatoms. The molecule has 0 saturated carbocycles. The maximum atomic E-state index is 12.8. The Labute approximate surface area is 77.5 Å². The summed E-state index contributed by atoms with van der Waals surface area (Å²) in [7, 11) is 0. The van der Waals surface area contributed by atoms with Crippen LogP contribution in [0.1, 0.15) is 0 Å². The van der Waals surface area contributed by atoms with Crippen LogP contribution in [0.2, 0.25) is 0 Å². The average molecular weight is 237 g/mol. The highest BCUT2D eigenvalue weighted by atomic mass is 79.9. The van der Waals surface area contributed by atoms with Gasteiger partial charge in [-0.05, 0) is 18.2 Å². The standard InChI is InChI=1S/C8H7BrF2O/c9-6-1-2-7(11)8(5-6)12-4-3-10/h1-2,5H,3-4H2. The molecular formula is C8H7BrF2O. The van der Waals surface area contributed by atoms with E-state index in [0.29, 0.717) is 4.47 Å². The Hall–Kier alpha value is -0.640. The molecular weight excluding hydrogens is 230 g/mol. The van der Waals surface area contributed by atoms with Crippen LogP contribution in [0.15, 0.2) is 22.7 Å². The smallest absolute Gasteiger partial charge is 0.165 e.